The molecule has 49 heavy (non-hydrogen) atoms. The van der Waals surface area contributed by atoms with Gasteiger partial charge >= 0.3 is 113 Å². The molecule has 0 amide bonds. The quantitative estimate of drug-likeness (QED) is 0.0537. The van der Waals surface area contributed by atoms with Crippen LogP contribution in [0.1, 0.15) is 0 Å². The second-order valence-corrected chi connectivity index (χ2v) is 10.1. The minimum absolute atomic E-state index is 0. The van der Waals surface area contributed by atoms with Gasteiger partial charge in [0.05, 0.1) is 39.6 Å². The van der Waals surface area contributed by atoms with E-state index in [4.69, 9.17) is 130 Å². The van der Waals surface area contributed by atoms with E-state index >= 15 is 0 Å². The Bertz CT molecular complexity index is 640. The van der Waals surface area contributed by atoms with Crippen LogP contribution in [-0.4, -0.2) is 318 Å². The van der Waals surface area contributed by atoms with E-state index in [9.17, 15) is 0 Å². The minimum atomic E-state index is -5.39. The van der Waals surface area contributed by atoms with Crippen molar-refractivity contribution in [2.45, 2.75) is 73.2 Å². The number of aliphatic hydroxyl groups is 18. The van der Waals surface area contributed by atoms with Crippen LogP contribution >= 0.6 is 15.6 Å². The summed E-state index contributed by atoms with van der Waals surface area (Å²) in [6.07, 6.45) is -19.2. The summed E-state index contributed by atoms with van der Waals surface area (Å²) < 4.78 is 17.1. The fourth-order valence-electron chi connectivity index (χ4n) is 2.01. The average molecular weight is 857 g/mol. The predicted molar refractivity (Wildman–Crippen MR) is 147 cm³/mol. The van der Waals surface area contributed by atoms with Gasteiger partial charge in [-0.25, -0.2) is 0 Å². The minimum Gasteiger partial charge on any atom is -0.822 e. The molecular weight excluding hydrogens is 814 g/mol. The van der Waals surface area contributed by atoms with Crippen LogP contribution in [0, 0.1) is 0 Å². The summed E-state index contributed by atoms with van der Waals surface area (Å²) in [5.41, 5.74) is 0. The first-order valence-electron chi connectivity index (χ1n) is 11.9. The molecule has 0 heterocycles. The number of aliphatic hydroxyl groups excluding tert-OH is 18. The molecule has 0 aliphatic heterocycles. The molecule has 0 aromatic rings. The number of hydrogen-bond acceptors (Lipinski definition) is 26. The second kappa shape index (κ2) is 39.5. The van der Waals surface area contributed by atoms with E-state index in [-0.39, 0.29) is 113 Å². The molecule has 0 unspecified atom stereocenters. The topological polar surface area (TPSA) is 537 Å². The zero-order valence-electron chi connectivity index (χ0n) is 25.5. The van der Waals surface area contributed by atoms with Crippen molar-refractivity contribution in [3.63, 3.8) is 0 Å². The molecule has 0 fully saturated rings. The molecule has 18 N–H and O–H groups in total. The van der Waals surface area contributed by atoms with E-state index < -0.39 is 129 Å². The normalized spacial score (nSPS) is 18.2. The Kier molecular flexibility index (Phi) is 56.5. The summed E-state index contributed by atoms with van der Waals surface area (Å²) in [6.45, 7) is -4.35. The summed E-state index contributed by atoms with van der Waals surface area (Å²) in [7, 11) is -10.8. The van der Waals surface area contributed by atoms with E-state index in [2.05, 4.69) is 0 Å². The zero-order chi connectivity index (χ0) is 38.2. The molecule has 26 nitrogen and oxygen atoms in total. The van der Waals surface area contributed by atoms with Crippen LogP contribution in [0.25, 0.3) is 0 Å². The van der Waals surface area contributed by atoms with E-state index in [0.717, 1.165) is 0 Å². The van der Waals surface area contributed by atoms with Crippen molar-refractivity contribution in [2.75, 3.05) is 39.6 Å². The summed E-state index contributed by atoms with van der Waals surface area (Å²) in [4.78, 5) is 51.3. The summed E-state index contributed by atoms with van der Waals surface area (Å²) >= 11 is 0. The first-order chi connectivity index (χ1) is 20.6. The molecule has 286 valence electrons. The van der Waals surface area contributed by atoms with Gasteiger partial charge in [-0.05, 0) is 0 Å². The second-order valence-electron chi connectivity index (χ2n) is 8.34. The number of rotatable bonds is 15. The van der Waals surface area contributed by atoms with Crippen LogP contribution in [0.2, 0.25) is 0 Å². The Morgan fingerprint density at radius 1 is 0.306 bits per heavy atom. The van der Waals surface area contributed by atoms with Crippen LogP contribution in [0.15, 0.2) is 0 Å². The maximum Gasteiger partial charge on any atom is 2.00 e. The Balaban J connectivity index is -0.0000000734. The molecule has 0 aliphatic rings. The monoisotopic (exact) mass is 856 g/mol. The van der Waals surface area contributed by atoms with Crippen molar-refractivity contribution < 1.29 is 130 Å². The van der Waals surface area contributed by atoms with E-state index in [0.29, 0.717) is 0 Å². The third-order valence-electron chi connectivity index (χ3n) is 4.54. The summed E-state index contributed by atoms with van der Waals surface area (Å²) in [6, 6.07) is 0. The molecule has 0 aromatic heterocycles. The van der Waals surface area contributed by atoms with Crippen LogP contribution in [0.5, 0.6) is 0 Å². The smallest absolute Gasteiger partial charge is 0.822 e. The molecule has 0 spiro atoms. The van der Waals surface area contributed by atoms with Crippen molar-refractivity contribution in [3.05, 3.63) is 0 Å². The zero-order valence-corrected chi connectivity index (χ0v) is 33.9. The van der Waals surface area contributed by atoms with Gasteiger partial charge in [-0.2, -0.15) is 15.6 Å². The molecule has 0 bridgehead atoms. The Morgan fingerprint density at radius 2 is 0.367 bits per heavy atom. The van der Waals surface area contributed by atoms with Crippen LogP contribution < -0.4 is 29.4 Å². The van der Waals surface area contributed by atoms with Crippen molar-refractivity contribution in [3.8, 4) is 0 Å². The van der Waals surface area contributed by atoms with E-state index in [1.165, 1.54) is 0 Å². The van der Waals surface area contributed by atoms with Crippen molar-refractivity contribution in [1.82, 2.24) is 0 Å². The summed E-state index contributed by atoms with van der Waals surface area (Å²) in [5.74, 6) is 0. The molecule has 0 saturated heterocycles. The van der Waals surface area contributed by atoms with Crippen molar-refractivity contribution in [1.29, 1.82) is 0 Å². The third kappa shape index (κ3) is 47.4. The third-order valence-corrected chi connectivity index (χ3v) is 4.54. The molecule has 12 atom stereocenters. The van der Waals surface area contributed by atoms with E-state index in [1.807, 2.05) is 0 Å². The van der Waals surface area contributed by atoms with Gasteiger partial charge in [0.25, 0.3) is 0 Å². The van der Waals surface area contributed by atoms with Gasteiger partial charge in [0.15, 0.2) is 0 Å². The first-order valence-corrected chi connectivity index (χ1v) is 14.8. The number of phosphoric acid groups is 2. The van der Waals surface area contributed by atoms with Crippen LogP contribution in [0.4, 0.5) is 0 Å². The van der Waals surface area contributed by atoms with Gasteiger partial charge in [0, 0.05) is 0 Å². The Labute approximate surface area is 367 Å². The standard InChI is InChI=1S/3C6H14O6.3Ca.2H3O4P/c3*7-1-3(9)5(11)6(12)4(10)2-8;;;;2*1-5(2,3)4/h3*3-12H,1-2H2;;;;2*(H3,1,2,3,4)/q;;;3*+2;;/p-6/t3*3-,4-,5-,6-;;;;;/m111...../s1. The molecule has 0 saturated carbocycles. The maximum atomic E-state index is 8.96. The Morgan fingerprint density at radius 3 is 0.408 bits per heavy atom. The van der Waals surface area contributed by atoms with Gasteiger partial charge in [0.2, 0.25) is 0 Å². The predicted octanol–water partition coefficient (Wildman–Crippen LogP) is -17.5. The first kappa shape index (κ1) is 70.1. The van der Waals surface area contributed by atoms with Crippen LogP contribution in [-0.2, 0) is 9.13 Å². The largest absolute Gasteiger partial charge is 2.00 e. The maximum absolute atomic E-state index is 8.96. The molecule has 31 heteroatoms. The average Bonchev–Trinajstić information content (AvgIpc) is 2.98. The summed E-state index contributed by atoms with van der Waals surface area (Å²) in [5, 5.41) is 157. The van der Waals surface area contributed by atoms with Gasteiger partial charge in [-0.1, -0.05) is 0 Å². The Hall–Kier alpha value is 3.28. The molecule has 0 radical (unpaired) electrons. The molecular formula is C18H42Ca3O26P2. The number of hydrogen-bond donors (Lipinski definition) is 18. The molecule has 0 rings (SSSR count). The van der Waals surface area contributed by atoms with Crippen molar-refractivity contribution in [2.24, 2.45) is 0 Å². The SMILES string of the molecule is O=P([O-])([O-])[O-].O=P([O-])([O-])[O-].OC[C@@H](O)[C@@H](O)[C@H](O)[C@H](O)CO.OC[C@@H](O)[C@@H](O)[C@H](O)[C@H](O)CO.OC[C@@H](O)[C@@H](O)[C@H](O)[C@H](O)CO.[Ca+2].[Ca+2].[Ca+2]. The fourth-order valence-corrected chi connectivity index (χ4v) is 2.01. The van der Waals surface area contributed by atoms with Gasteiger partial charge in [0.1, 0.15) is 73.2 Å². The van der Waals surface area contributed by atoms with Gasteiger partial charge in [-0.15, -0.1) is 0 Å². The van der Waals surface area contributed by atoms with Gasteiger partial charge in [-0.3, -0.25) is 0 Å². The van der Waals surface area contributed by atoms with Crippen molar-refractivity contribution >= 4 is 129 Å². The molecule has 0 aliphatic carbocycles. The van der Waals surface area contributed by atoms with E-state index in [1.54, 1.807) is 0 Å². The molecule has 0 aromatic carbocycles. The fraction of sp³-hybridized carbons (Fsp3) is 1.00. The van der Waals surface area contributed by atoms with Gasteiger partial charge < -0.3 is 130 Å². The van der Waals surface area contributed by atoms with Crippen LogP contribution in [0.3, 0.4) is 0 Å².